The fourth-order valence-electron chi connectivity index (χ4n) is 0.202. The van der Waals surface area contributed by atoms with Crippen LogP contribution in [0.15, 0.2) is 0 Å². The van der Waals surface area contributed by atoms with Crippen LogP contribution in [0.1, 0.15) is 27.2 Å². The molecule has 0 bridgehead atoms. The molecule has 0 saturated heterocycles. The second-order valence-corrected chi connectivity index (χ2v) is 1.83. The molecule has 0 aromatic heterocycles. The van der Waals surface area contributed by atoms with Crippen molar-refractivity contribution in [3.05, 3.63) is 0 Å². The molecule has 0 atom stereocenters. The molecule has 0 aliphatic heterocycles. The van der Waals surface area contributed by atoms with E-state index in [4.69, 9.17) is 5.11 Å². The van der Waals surface area contributed by atoms with Gasteiger partial charge in [-0.3, -0.25) is 14.4 Å². The maximum Gasteiger partial charge on any atom is 0.310 e. The first-order valence-electron chi connectivity index (χ1n) is 3.30. The van der Waals surface area contributed by atoms with E-state index in [1.54, 1.807) is 6.92 Å². The molecule has 0 heterocycles. The third-order valence-electron chi connectivity index (χ3n) is 0.590. The van der Waals surface area contributed by atoms with Crippen LogP contribution in [-0.4, -0.2) is 23.0 Å². The summed E-state index contributed by atoms with van der Waals surface area (Å²) in [5.74, 6) is -1.87. The van der Waals surface area contributed by atoms with Crippen molar-refractivity contribution >= 4 is 17.9 Å². The molecular formula is C7H12O5. The largest absolute Gasteiger partial charge is 0.481 e. The van der Waals surface area contributed by atoms with E-state index in [-0.39, 0.29) is 6.42 Å². The Labute approximate surface area is 70.3 Å². The average Bonchev–Trinajstić information content (AvgIpc) is 1.85. The molecule has 0 aromatic rings. The third-order valence-corrected chi connectivity index (χ3v) is 0.590. The number of carbonyl (C=O) groups is 3. The number of hydrogen-bond acceptors (Lipinski definition) is 4. The number of carbonyl (C=O) groups excluding carboxylic acids is 2. The lowest BCUT2D eigenvalue weighted by molar-refractivity contribution is -0.156. The molecule has 70 valence electrons. The Morgan fingerprint density at radius 3 is 1.42 bits per heavy atom. The van der Waals surface area contributed by atoms with E-state index in [0.717, 1.165) is 0 Å². The van der Waals surface area contributed by atoms with Crippen molar-refractivity contribution in [2.24, 2.45) is 0 Å². The highest BCUT2D eigenvalue weighted by atomic mass is 16.6. The first kappa shape index (κ1) is 13.2. The number of carboxylic acid groups (broad SMARTS) is 1. The molecule has 0 aliphatic carbocycles. The molecule has 0 amide bonds. The van der Waals surface area contributed by atoms with Gasteiger partial charge in [-0.15, -0.1) is 0 Å². The number of esters is 2. The Morgan fingerprint density at radius 2 is 1.42 bits per heavy atom. The van der Waals surface area contributed by atoms with Gasteiger partial charge < -0.3 is 9.84 Å². The molecule has 5 heteroatoms. The predicted molar refractivity (Wildman–Crippen MR) is 40.4 cm³/mol. The van der Waals surface area contributed by atoms with E-state index >= 15 is 0 Å². The summed E-state index contributed by atoms with van der Waals surface area (Å²) in [5, 5.41) is 7.72. The number of ether oxygens (including phenoxy) is 1. The fraction of sp³-hybridized carbons (Fsp3) is 0.571. The van der Waals surface area contributed by atoms with Gasteiger partial charge in [0, 0.05) is 20.3 Å². The monoisotopic (exact) mass is 176 g/mol. The first-order chi connectivity index (χ1) is 5.40. The van der Waals surface area contributed by atoms with Crippen molar-refractivity contribution in [2.75, 3.05) is 0 Å². The van der Waals surface area contributed by atoms with Crippen LogP contribution in [0.3, 0.4) is 0 Å². The van der Waals surface area contributed by atoms with Crippen molar-refractivity contribution in [3.63, 3.8) is 0 Å². The van der Waals surface area contributed by atoms with Crippen LogP contribution >= 0.6 is 0 Å². The summed E-state index contributed by atoms with van der Waals surface area (Å²) < 4.78 is 3.97. The zero-order valence-corrected chi connectivity index (χ0v) is 7.29. The van der Waals surface area contributed by atoms with Gasteiger partial charge in [-0.1, -0.05) is 6.92 Å². The molecule has 5 nitrogen and oxygen atoms in total. The highest BCUT2D eigenvalue weighted by Gasteiger charge is 1.93. The quantitative estimate of drug-likeness (QED) is 0.466. The Morgan fingerprint density at radius 1 is 1.17 bits per heavy atom. The van der Waals surface area contributed by atoms with Crippen molar-refractivity contribution in [3.8, 4) is 0 Å². The second-order valence-electron chi connectivity index (χ2n) is 1.83. The zero-order valence-electron chi connectivity index (χ0n) is 7.29. The zero-order chi connectivity index (χ0) is 10.1. The summed E-state index contributed by atoms with van der Waals surface area (Å²) in [6.45, 7) is 3.96. The van der Waals surface area contributed by atoms with E-state index in [1.807, 2.05) is 0 Å². The minimum absolute atomic E-state index is 0.222. The topological polar surface area (TPSA) is 80.7 Å². The maximum atomic E-state index is 9.81. The van der Waals surface area contributed by atoms with E-state index in [0.29, 0.717) is 0 Å². The molecule has 0 rings (SSSR count). The molecule has 0 spiro atoms. The number of aliphatic carboxylic acids is 1. The molecule has 1 N–H and O–H groups in total. The SMILES string of the molecule is CC(=O)OC(C)=O.CCC(=O)O. The molecule has 0 aliphatic rings. The lowest BCUT2D eigenvalue weighted by Crippen LogP contribution is -2.03. The van der Waals surface area contributed by atoms with Gasteiger partial charge in [-0.25, -0.2) is 0 Å². The summed E-state index contributed by atoms with van der Waals surface area (Å²) in [6.07, 6.45) is 0.222. The normalized spacial score (nSPS) is 7.58. The van der Waals surface area contributed by atoms with E-state index < -0.39 is 17.9 Å². The summed E-state index contributed by atoms with van der Waals surface area (Å²) in [6, 6.07) is 0. The fourth-order valence-corrected chi connectivity index (χ4v) is 0.202. The lowest BCUT2D eigenvalue weighted by Gasteiger charge is -1.87. The Hall–Kier alpha value is -1.39. The number of carboxylic acids is 1. The Balaban J connectivity index is 0. The van der Waals surface area contributed by atoms with Gasteiger partial charge in [0.15, 0.2) is 0 Å². The summed E-state index contributed by atoms with van der Waals surface area (Å²) >= 11 is 0. The first-order valence-corrected chi connectivity index (χ1v) is 3.30. The van der Waals surface area contributed by atoms with Gasteiger partial charge >= 0.3 is 17.9 Å². The second kappa shape index (κ2) is 7.71. The van der Waals surface area contributed by atoms with Crippen LogP contribution in [-0.2, 0) is 19.1 Å². The number of hydrogen-bond donors (Lipinski definition) is 1. The lowest BCUT2D eigenvalue weighted by atomic mass is 10.5. The van der Waals surface area contributed by atoms with E-state index in [9.17, 15) is 14.4 Å². The van der Waals surface area contributed by atoms with Crippen LogP contribution in [0.2, 0.25) is 0 Å². The van der Waals surface area contributed by atoms with Crippen molar-refractivity contribution in [2.45, 2.75) is 27.2 Å². The number of rotatable bonds is 1. The van der Waals surface area contributed by atoms with Gasteiger partial charge in [0.05, 0.1) is 0 Å². The molecule has 12 heavy (non-hydrogen) atoms. The van der Waals surface area contributed by atoms with E-state index in [2.05, 4.69) is 4.74 Å². The molecule has 0 saturated carbocycles. The third kappa shape index (κ3) is 23.5. The van der Waals surface area contributed by atoms with E-state index in [1.165, 1.54) is 13.8 Å². The standard InChI is InChI=1S/C4H6O3.C3H6O2/c1-3(5)7-4(2)6;1-2-3(4)5/h1-2H3;2H2,1H3,(H,4,5). The predicted octanol–water partition coefficient (Wildman–Crippen LogP) is 0.577. The Kier molecular flexibility index (Phi) is 8.50. The van der Waals surface area contributed by atoms with Crippen LogP contribution in [0.25, 0.3) is 0 Å². The van der Waals surface area contributed by atoms with Gasteiger partial charge in [-0.2, -0.15) is 0 Å². The molecule has 0 aromatic carbocycles. The Bertz CT molecular complexity index is 161. The van der Waals surface area contributed by atoms with Crippen molar-refractivity contribution in [1.82, 2.24) is 0 Å². The van der Waals surface area contributed by atoms with Gasteiger partial charge in [0.25, 0.3) is 0 Å². The summed E-state index contributed by atoms with van der Waals surface area (Å²) in [4.78, 5) is 29.0. The van der Waals surface area contributed by atoms with Gasteiger partial charge in [0.2, 0.25) is 0 Å². The molecule has 0 fully saturated rings. The smallest absolute Gasteiger partial charge is 0.310 e. The molecular weight excluding hydrogens is 164 g/mol. The summed E-state index contributed by atoms with van der Waals surface area (Å²) in [7, 11) is 0. The van der Waals surface area contributed by atoms with Gasteiger partial charge in [-0.05, 0) is 0 Å². The van der Waals surface area contributed by atoms with Crippen LogP contribution < -0.4 is 0 Å². The van der Waals surface area contributed by atoms with Crippen LogP contribution in [0.4, 0.5) is 0 Å². The van der Waals surface area contributed by atoms with Gasteiger partial charge in [0.1, 0.15) is 0 Å². The van der Waals surface area contributed by atoms with Crippen LogP contribution in [0, 0.1) is 0 Å². The highest BCUT2D eigenvalue weighted by molar-refractivity contribution is 5.82. The average molecular weight is 176 g/mol. The van der Waals surface area contributed by atoms with Crippen molar-refractivity contribution in [1.29, 1.82) is 0 Å². The van der Waals surface area contributed by atoms with Crippen LogP contribution in [0.5, 0.6) is 0 Å². The maximum absolute atomic E-state index is 9.81. The highest BCUT2D eigenvalue weighted by Crippen LogP contribution is 1.73. The molecule has 0 radical (unpaired) electrons. The van der Waals surface area contributed by atoms with Crippen molar-refractivity contribution < 1.29 is 24.2 Å². The molecule has 0 unspecified atom stereocenters. The minimum Gasteiger partial charge on any atom is -0.481 e. The minimum atomic E-state index is -0.745. The summed E-state index contributed by atoms with van der Waals surface area (Å²) in [5.41, 5.74) is 0.